The summed E-state index contributed by atoms with van der Waals surface area (Å²) in [6.45, 7) is 4.24. The van der Waals surface area contributed by atoms with Gasteiger partial charge in [0, 0.05) is 20.5 Å². The summed E-state index contributed by atoms with van der Waals surface area (Å²) < 4.78 is 1.15. The first-order valence-corrected chi connectivity index (χ1v) is 7.78. The summed E-state index contributed by atoms with van der Waals surface area (Å²) in [5, 5.41) is 10.3. The second-order valence-electron chi connectivity index (χ2n) is 5.08. The van der Waals surface area contributed by atoms with E-state index in [9.17, 15) is 9.90 Å². The minimum absolute atomic E-state index is 0.345. The number of aryl methyl sites for hydroxylation is 2. The lowest BCUT2D eigenvalue weighted by atomic mass is 9.96. The summed E-state index contributed by atoms with van der Waals surface area (Å²) >= 11 is 1.75. The predicted octanol–water partition coefficient (Wildman–Crippen LogP) is 5.14. The molecule has 0 radical (unpaired) electrons. The number of thiophene rings is 1. The SMILES string of the molecule is CCc1sc2ccc(C(=O)O)cc2c1-c1ccccc1C. The van der Waals surface area contributed by atoms with Gasteiger partial charge in [0.1, 0.15) is 0 Å². The van der Waals surface area contributed by atoms with Crippen molar-refractivity contribution < 1.29 is 9.90 Å². The zero-order valence-corrected chi connectivity index (χ0v) is 12.8. The highest BCUT2D eigenvalue weighted by Gasteiger charge is 2.16. The van der Waals surface area contributed by atoms with Gasteiger partial charge in [-0.1, -0.05) is 31.2 Å². The molecule has 0 saturated carbocycles. The molecule has 0 unspecified atom stereocenters. The Balaban J connectivity index is 2.36. The maximum atomic E-state index is 11.2. The maximum Gasteiger partial charge on any atom is 0.335 e. The van der Waals surface area contributed by atoms with Crippen LogP contribution in [0.15, 0.2) is 42.5 Å². The van der Waals surface area contributed by atoms with Gasteiger partial charge in [0.05, 0.1) is 5.56 Å². The largest absolute Gasteiger partial charge is 0.478 e. The van der Waals surface area contributed by atoms with Crippen LogP contribution in [-0.2, 0) is 6.42 Å². The molecule has 1 aromatic heterocycles. The van der Waals surface area contributed by atoms with Crippen LogP contribution < -0.4 is 0 Å². The van der Waals surface area contributed by atoms with Crippen LogP contribution in [0.3, 0.4) is 0 Å². The molecular weight excluding hydrogens is 280 g/mol. The first-order chi connectivity index (χ1) is 10.1. The van der Waals surface area contributed by atoms with Crippen molar-refractivity contribution in [2.24, 2.45) is 0 Å². The third-order valence-corrected chi connectivity index (χ3v) is 5.06. The van der Waals surface area contributed by atoms with Gasteiger partial charge in [0.2, 0.25) is 0 Å². The fourth-order valence-electron chi connectivity index (χ4n) is 2.68. The first kappa shape index (κ1) is 13.8. The Labute approximate surface area is 127 Å². The van der Waals surface area contributed by atoms with Gasteiger partial charge in [-0.25, -0.2) is 4.79 Å². The first-order valence-electron chi connectivity index (χ1n) is 6.96. The van der Waals surface area contributed by atoms with Crippen LogP contribution in [0.2, 0.25) is 0 Å². The molecule has 3 heteroatoms. The quantitative estimate of drug-likeness (QED) is 0.727. The van der Waals surface area contributed by atoms with Gasteiger partial charge in [0.15, 0.2) is 0 Å². The number of aromatic carboxylic acids is 1. The molecule has 0 aliphatic rings. The normalized spacial score (nSPS) is 11.0. The number of carbonyl (C=O) groups is 1. The zero-order valence-electron chi connectivity index (χ0n) is 12.0. The Hall–Kier alpha value is -2.13. The highest BCUT2D eigenvalue weighted by atomic mass is 32.1. The van der Waals surface area contributed by atoms with Crippen molar-refractivity contribution in [3.05, 3.63) is 58.5 Å². The molecule has 21 heavy (non-hydrogen) atoms. The number of fused-ring (bicyclic) bond motifs is 1. The van der Waals surface area contributed by atoms with E-state index in [1.165, 1.54) is 21.6 Å². The molecule has 0 atom stereocenters. The van der Waals surface area contributed by atoms with Crippen molar-refractivity contribution in [3.63, 3.8) is 0 Å². The minimum Gasteiger partial charge on any atom is -0.478 e. The Morgan fingerprint density at radius 2 is 1.95 bits per heavy atom. The van der Waals surface area contributed by atoms with E-state index in [1.807, 2.05) is 18.2 Å². The molecule has 1 N–H and O–H groups in total. The van der Waals surface area contributed by atoms with Crippen LogP contribution in [0.4, 0.5) is 0 Å². The summed E-state index contributed by atoms with van der Waals surface area (Å²) in [5.74, 6) is -0.878. The summed E-state index contributed by atoms with van der Waals surface area (Å²) in [6, 6.07) is 13.7. The third kappa shape index (κ3) is 2.34. The number of carboxylic acid groups (broad SMARTS) is 1. The van der Waals surface area contributed by atoms with Crippen molar-refractivity contribution >= 4 is 27.4 Å². The summed E-state index contributed by atoms with van der Waals surface area (Å²) in [6.07, 6.45) is 0.950. The number of hydrogen-bond donors (Lipinski definition) is 1. The highest BCUT2D eigenvalue weighted by molar-refractivity contribution is 7.19. The van der Waals surface area contributed by atoms with Crippen LogP contribution in [-0.4, -0.2) is 11.1 Å². The topological polar surface area (TPSA) is 37.3 Å². The zero-order chi connectivity index (χ0) is 15.0. The van der Waals surface area contributed by atoms with E-state index in [1.54, 1.807) is 23.5 Å². The fraction of sp³-hybridized carbons (Fsp3) is 0.167. The Bertz CT molecular complexity index is 830. The van der Waals surface area contributed by atoms with Gasteiger partial charge in [-0.15, -0.1) is 11.3 Å². The van der Waals surface area contributed by atoms with Gasteiger partial charge >= 0.3 is 5.97 Å². The molecule has 2 aromatic carbocycles. The number of hydrogen-bond acceptors (Lipinski definition) is 2. The van der Waals surface area contributed by atoms with Gasteiger partial charge in [-0.05, 0) is 42.7 Å². The van der Waals surface area contributed by atoms with Gasteiger partial charge in [0.25, 0.3) is 0 Å². The molecule has 1 heterocycles. The number of carboxylic acids is 1. The molecular formula is C18H16O2S. The van der Waals surface area contributed by atoms with Crippen LogP contribution in [0.5, 0.6) is 0 Å². The molecule has 2 nitrogen and oxygen atoms in total. The van der Waals surface area contributed by atoms with Crippen LogP contribution in [0.1, 0.15) is 27.7 Å². The van der Waals surface area contributed by atoms with Crippen molar-refractivity contribution in [2.75, 3.05) is 0 Å². The van der Waals surface area contributed by atoms with Crippen molar-refractivity contribution in [1.29, 1.82) is 0 Å². The van der Waals surface area contributed by atoms with E-state index < -0.39 is 5.97 Å². The predicted molar refractivity (Wildman–Crippen MR) is 88.3 cm³/mol. The van der Waals surface area contributed by atoms with Crippen LogP contribution in [0.25, 0.3) is 21.2 Å². The molecule has 106 valence electrons. The lowest BCUT2D eigenvalue weighted by molar-refractivity contribution is 0.0697. The average molecular weight is 296 g/mol. The van der Waals surface area contributed by atoms with Crippen molar-refractivity contribution in [1.82, 2.24) is 0 Å². The lowest BCUT2D eigenvalue weighted by Gasteiger charge is -2.07. The van der Waals surface area contributed by atoms with Gasteiger partial charge < -0.3 is 5.11 Å². The van der Waals surface area contributed by atoms with Crippen molar-refractivity contribution in [3.8, 4) is 11.1 Å². The summed E-state index contributed by atoms with van der Waals surface area (Å²) in [7, 11) is 0. The molecule has 0 aliphatic heterocycles. The molecule has 0 bridgehead atoms. The minimum atomic E-state index is -0.878. The summed E-state index contributed by atoms with van der Waals surface area (Å²) in [5.41, 5.74) is 3.95. The smallest absolute Gasteiger partial charge is 0.335 e. The average Bonchev–Trinajstić information content (AvgIpc) is 2.85. The molecule has 0 fully saturated rings. The van der Waals surface area contributed by atoms with Crippen LogP contribution in [0, 0.1) is 6.92 Å². The highest BCUT2D eigenvalue weighted by Crippen LogP contribution is 2.40. The van der Waals surface area contributed by atoms with Crippen molar-refractivity contribution in [2.45, 2.75) is 20.3 Å². The maximum absolute atomic E-state index is 11.2. The monoisotopic (exact) mass is 296 g/mol. The van der Waals surface area contributed by atoms with E-state index in [0.29, 0.717) is 5.56 Å². The second kappa shape index (κ2) is 5.34. The van der Waals surface area contributed by atoms with E-state index in [4.69, 9.17) is 0 Å². The van der Waals surface area contributed by atoms with Crippen LogP contribution >= 0.6 is 11.3 Å². The van der Waals surface area contributed by atoms with E-state index >= 15 is 0 Å². The molecule has 0 saturated heterocycles. The Morgan fingerprint density at radius 1 is 1.19 bits per heavy atom. The Morgan fingerprint density at radius 3 is 2.62 bits per heavy atom. The fourth-order valence-corrected chi connectivity index (χ4v) is 3.82. The molecule has 3 rings (SSSR count). The van der Waals surface area contributed by atoms with Gasteiger partial charge in [-0.3, -0.25) is 0 Å². The molecule has 0 amide bonds. The molecule has 3 aromatic rings. The molecule has 0 spiro atoms. The van der Waals surface area contributed by atoms with E-state index in [0.717, 1.165) is 16.5 Å². The lowest BCUT2D eigenvalue weighted by Crippen LogP contribution is -1.95. The number of benzene rings is 2. The number of rotatable bonds is 3. The summed E-state index contributed by atoms with van der Waals surface area (Å²) in [4.78, 5) is 12.5. The van der Waals surface area contributed by atoms with Gasteiger partial charge in [-0.2, -0.15) is 0 Å². The van der Waals surface area contributed by atoms with E-state index in [2.05, 4.69) is 26.0 Å². The standard InChI is InChI=1S/C18H16O2S/c1-3-15-17(13-7-5-4-6-11(13)2)14-10-12(18(19)20)8-9-16(14)21-15/h4-10H,3H2,1-2H3,(H,19,20). The second-order valence-corrected chi connectivity index (χ2v) is 6.22. The third-order valence-electron chi connectivity index (χ3n) is 3.74. The molecule has 0 aliphatic carbocycles. The van der Waals surface area contributed by atoms with E-state index in [-0.39, 0.29) is 0 Å². The Kier molecular flexibility index (Phi) is 3.52.